The lowest BCUT2D eigenvalue weighted by molar-refractivity contribution is 0.0889. The molecule has 0 radical (unpaired) electrons. The van der Waals surface area contributed by atoms with Gasteiger partial charge in [0.25, 0.3) is 0 Å². The van der Waals surface area contributed by atoms with Gasteiger partial charge in [0.15, 0.2) is 0 Å². The quantitative estimate of drug-likeness (QED) is 0.705. The van der Waals surface area contributed by atoms with Crippen LogP contribution in [-0.4, -0.2) is 30.1 Å². The molecule has 0 aromatic carbocycles. The Morgan fingerprint density at radius 1 is 1.40 bits per heavy atom. The molecule has 1 aliphatic carbocycles. The summed E-state index contributed by atoms with van der Waals surface area (Å²) in [4.78, 5) is 2.65. The molecule has 2 nitrogen and oxygen atoms in total. The summed E-state index contributed by atoms with van der Waals surface area (Å²) in [6.07, 6.45) is 11.4. The van der Waals surface area contributed by atoms with E-state index in [4.69, 9.17) is 5.73 Å². The lowest BCUT2D eigenvalue weighted by Crippen LogP contribution is -2.50. The average molecular weight is 208 g/mol. The van der Waals surface area contributed by atoms with Crippen molar-refractivity contribution < 1.29 is 0 Å². The first-order valence-electron chi connectivity index (χ1n) is 6.43. The standard InChI is InChI=1S/C13H24N2/c1-11-7-8-15(13(9-11)10-14)12-5-3-2-4-6-12/h3,5,11-13H,2,4,6-10,14H2,1H3. The molecule has 0 amide bonds. The topological polar surface area (TPSA) is 29.3 Å². The van der Waals surface area contributed by atoms with Gasteiger partial charge < -0.3 is 5.73 Å². The van der Waals surface area contributed by atoms with Crippen LogP contribution in [0, 0.1) is 5.92 Å². The highest BCUT2D eigenvalue weighted by Gasteiger charge is 2.29. The van der Waals surface area contributed by atoms with Gasteiger partial charge in [-0.1, -0.05) is 19.1 Å². The Balaban J connectivity index is 1.99. The summed E-state index contributed by atoms with van der Waals surface area (Å²) in [5.74, 6) is 0.863. The third kappa shape index (κ3) is 2.61. The molecule has 2 aliphatic rings. The number of likely N-dealkylation sites (tertiary alicyclic amines) is 1. The summed E-state index contributed by atoms with van der Waals surface area (Å²) in [7, 11) is 0. The second-order valence-corrected chi connectivity index (χ2v) is 5.18. The SMILES string of the molecule is CC1CCN(C2C=CCCC2)C(CN)C1. The number of piperidine rings is 1. The molecule has 3 unspecified atom stereocenters. The first-order valence-corrected chi connectivity index (χ1v) is 6.43. The van der Waals surface area contributed by atoms with E-state index < -0.39 is 0 Å². The summed E-state index contributed by atoms with van der Waals surface area (Å²) >= 11 is 0. The number of nitrogens with zero attached hydrogens (tertiary/aromatic N) is 1. The van der Waals surface area contributed by atoms with Crippen molar-refractivity contribution in [3.63, 3.8) is 0 Å². The molecule has 1 aliphatic heterocycles. The minimum atomic E-state index is 0.626. The molecular weight excluding hydrogens is 184 g/mol. The maximum Gasteiger partial charge on any atom is 0.0281 e. The van der Waals surface area contributed by atoms with Crippen LogP contribution in [0.25, 0.3) is 0 Å². The Labute approximate surface area is 93.5 Å². The largest absolute Gasteiger partial charge is 0.329 e. The molecule has 0 spiro atoms. The van der Waals surface area contributed by atoms with E-state index >= 15 is 0 Å². The van der Waals surface area contributed by atoms with Crippen LogP contribution < -0.4 is 5.73 Å². The highest BCUT2D eigenvalue weighted by atomic mass is 15.2. The lowest BCUT2D eigenvalue weighted by atomic mass is 9.89. The van der Waals surface area contributed by atoms with E-state index in [1.807, 2.05) is 0 Å². The predicted octanol–water partition coefficient (Wildman–Crippen LogP) is 2.15. The van der Waals surface area contributed by atoms with Gasteiger partial charge in [0.2, 0.25) is 0 Å². The molecule has 0 bridgehead atoms. The van der Waals surface area contributed by atoms with Gasteiger partial charge >= 0.3 is 0 Å². The van der Waals surface area contributed by atoms with Crippen LogP contribution in [0.3, 0.4) is 0 Å². The normalized spacial score (nSPS) is 38.1. The molecule has 0 aromatic heterocycles. The van der Waals surface area contributed by atoms with Crippen molar-refractivity contribution in [3.8, 4) is 0 Å². The molecule has 2 rings (SSSR count). The molecule has 15 heavy (non-hydrogen) atoms. The van der Waals surface area contributed by atoms with Gasteiger partial charge in [0.05, 0.1) is 0 Å². The molecule has 0 aromatic rings. The van der Waals surface area contributed by atoms with Crippen molar-refractivity contribution in [2.24, 2.45) is 11.7 Å². The molecule has 0 saturated carbocycles. The van der Waals surface area contributed by atoms with Crippen LogP contribution in [0.2, 0.25) is 0 Å². The number of rotatable bonds is 2. The monoisotopic (exact) mass is 208 g/mol. The first-order chi connectivity index (χ1) is 7.31. The summed E-state index contributed by atoms with van der Waals surface area (Å²) < 4.78 is 0. The van der Waals surface area contributed by atoms with Gasteiger partial charge in [-0.05, 0) is 44.6 Å². The molecule has 1 saturated heterocycles. The van der Waals surface area contributed by atoms with E-state index in [2.05, 4.69) is 24.0 Å². The molecule has 2 heteroatoms. The van der Waals surface area contributed by atoms with E-state index in [0.29, 0.717) is 12.1 Å². The third-order valence-corrected chi connectivity index (χ3v) is 3.95. The zero-order valence-corrected chi connectivity index (χ0v) is 9.86. The average Bonchev–Trinajstić information content (AvgIpc) is 2.30. The summed E-state index contributed by atoms with van der Waals surface area (Å²) in [6, 6.07) is 1.31. The van der Waals surface area contributed by atoms with Gasteiger partial charge in [0.1, 0.15) is 0 Å². The number of hydrogen-bond acceptors (Lipinski definition) is 2. The zero-order valence-electron chi connectivity index (χ0n) is 9.86. The highest BCUT2D eigenvalue weighted by molar-refractivity contribution is 5.01. The van der Waals surface area contributed by atoms with E-state index in [9.17, 15) is 0 Å². The van der Waals surface area contributed by atoms with Gasteiger partial charge in [-0.3, -0.25) is 4.90 Å². The Morgan fingerprint density at radius 2 is 2.27 bits per heavy atom. The summed E-state index contributed by atoms with van der Waals surface area (Å²) in [5, 5.41) is 0. The maximum atomic E-state index is 5.90. The van der Waals surface area contributed by atoms with Crippen molar-refractivity contribution in [2.75, 3.05) is 13.1 Å². The Hall–Kier alpha value is -0.340. The van der Waals surface area contributed by atoms with Crippen molar-refractivity contribution in [2.45, 2.75) is 51.1 Å². The summed E-state index contributed by atoms with van der Waals surface area (Å²) in [6.45, 7) is 4.43. The van der Waals surface area contributed by atoms with Gasteiger partial charge in [0, 0.05) is 18.6 Å². The van der Waals surface area contributed by atoms with Crippen molar-refractivity contribution in [1.82, 2.24) is 4.90 Å². The minimum absolute atomic E-state index is 0.626. The Kier molecular flexibility index (Phi) is 3.81. The third-order valence-electron chi connectivity index (χ3n) is 3.95. The smallest absolute Gasteiger partial charge is 0.0281 e. The van der Waals surface area contributed by atoms with Gasteiger partial charge in [-0.2, -0.15) is 0 Å². The maximum absolute atomic E-state index is 5.90. The molecule has 2 N–H and O–H groups in total. The fraction of sp³-hybridized carbons (Fsp3) is 0.846. The molecule has 86 valence electrons. The van der Waals surface area contributed by atoms with E-state index in [1.165, 1.54) is 38.6 Å². The van der Waals surface area contributed by atoms with Crippen molar-refractivity contribution in [3.05, 3.63) is 12.2 Å². The number of hydrogen-bond donors (Lipinski definition) is 1. The van der Waals surface area contributed by atoms with Crippen molar-refractivity contribution in [1.29, 1.82) is 0 Å². The molecule has 3 atom stereocenters. The lowest BCUT2D eigenvalue weighted by Gasteiger charge is -2.42. The van der Waals surface area contributed by atoms with Crippen LogP contribution in [0.15, 0.2) is 12.2 Å². The number of nitrogens with two attached hydrogens (primary N) is 1. The minimum Gasteiger partial charge on any atom is -0.329 e. The van der Waals surface area contributed by atoms with Crippen LogP contribution in [0.5, 0.6) is 0 Å². The first kappa shape index (κ1) is 11.2. The Bertz CT molecular complexity index is 225. The van der Waals surface area contributed by atoms with E-state index in [0.717, 1.165) is 12.5 Å². The second-order valence-electron chi connectivity index (χ2n) is 5.18. The second kappa shape index (κ2) is 5.13. The van der Waals surface area contributed by atoms with Crippen molar-refractivity contribution >= 4 is 0 Å². The summed E-state index contributed by atoms with van der Waals surface area (Å²) in [5.41, 5.74) is 5.90. The zero-order chi connectivity index (χ0) is 10.7. The van der Waals surface area contributed by atoms with Crippen LogP contribution in [0.4, 0.5) is 0 Å². The van der Waals surface area contributed by atoms with E-state index in [1.54, 1.807) is 0 Å². The highest BCUT2D eigenvalue weighted by Crippen LogP contribution is 2.27. The fourth-order valence-corrected chi connectivity index (χ4v) is 3.01. The van der Waals surface area contributed by atoms with E-state index in [-0.39, 0.29) is 0 Å². The van der Waals surface area contributed by atoms with Gasteiger partial charge in [-0.25, -0.2) is 0 Å². The Morgan fingerprint density at radius 3 is 2.93 bits per heavy atom. The number of allylic oxidation sites excluding steroid dienone is 1. The molecular formula is C13H24N2. The van der Waals surface area contributed by atoms with Crippen LogP contribution >= 0.6 is 0 Å². The van der Waals surface area contributed by atoms with Crippen LogP contribution in [-0.2, 0) is 0 Å². The predicted molar refractivity (Wildman–Crippen MR) is 64.7 cm³/mol. The van der Waals surface area contributed by atoms with Gasteiger partial charge in [-0.15, -0.1) is 0 Å². The molecule has 1 fully saturated rings. The fourth-order valence-electron chi connectivity index (χ4n) is 3.01. The van der Waals surface area contributed by atoms with Crippen LogP contribution in [0.1, 0.15) is 39.0 Å². The molecule has 1 heterocycles.